The van der Waals surface area contributed by atoms with Crippen molar-refractivity contribution < 1.29 is 0 Å². The molecule has 1 N–H and O–H groups in total. The second kappa shape index (κ2) is 3.99. The van der Waals surface area contributed by atoms with Gasteiger partial charge in [0.2, 0.25) is 0 Å². The fourth-order valence-corrected chi connectivity index (χ4v) is 1.07. The fourth-order valence-electron chi connectivity index (χ4n) is 0.853. The minimum absolute atomic E-state index is 0.499. The lowest BCUT2D eigenvalue weighted by Crippen LogP contribution is -2.00. The summed E-state index contributed by atoms with van der Waals surface area (Å²) < 4.78 is 0. The summed E-state index contributed by atoms with van der Waals surface area (Å²) in [6.07, 6.45) is 6.77. The molecule has 0 aromatic carbocycles. The second-order valence-electron chi connectivity index (χ2n) is 2.38. The molecule has 0 saturated carbocycles. The van der Waals surface area contributed by atoms with Crippen LogP contribution in [0.4, 0.5) is 5.69 Å². The molecule has 0 unspecified atom stereocenters. The summed E-state index contributed by atoms with van der Waals surface area (Å²) in [5.74, 6) is 2.49. The van der Waals surface area contributed by atoms with Crippen molar-refractivity contribution in [2.24, 2.45) is 0 Å². The molecule has 0 saturated heterocycles. The number of aryl methyl sites for hydroxylation is 1. The first-order valence-electron chi connectivity index (χ1n) is 3.53. The molecular formula is C9H9ClN2. The molecule has 0 atom stereocenters. The average Bonchev–Trinajstić information content (AvgIpc) is 2.03. The van der Waals surface area contributed by atoms with Crippen LogP contribution in [0.5, 0.6) is 0 Å². The first-order valence-corrected chi connectivity index (χ1v) is 3.91. The van der Waals surface area contributed by atoms with Gasteiger partial charge in [-0.05, 0) is 18.6 Å². The van der Waals surface area contributed by atoms with E-state index >= 15 is 0 Å². The van der Waals surface area contributed by atoms with E-state index in [1.54, 1.807) is 12.3 Å². The molecule has 0 aliphatic rings. The highest BCUT2D eigenvalue weighted by Crippen LogP contribution is 2.15. The summed E-state index contributed by atoms with van der Waals surface area (Å²) in [6, 6.07) is 1.79. The highest BCUT2D eigenvalue weighted by molar-refractivity contribution is 6.29. The first kappa shape index (κ1) is 8.89. The van der Waals surface area contributed by atoms with E-state index in [0.717, 1.165) is 11.3 Å². The Morgan fingerprint density at radius 3 is 3.08 bits per heavy atom. The summed E-state index contributed by atoms with van der Waals surface area (Å²) in [7, 11) is 0. The average molecular weight is 181 g/mol. The molecule has 1 heterocycles. The van der Waals surface area contributed by atoms with E-state index in [1.165, 1.54) is 0 Å². The summed E-state index contributed by atoms with van der Waals surface area (Å²) in [4.78, 5) is 3.93. The van der Waals surface area contributed by atoms with Crippen molar-refractivity contribution in [2.45, 2.75) is 6.92 Å². The quantitative estimate of drug-likeness (QED) is 0.557. The van der Waals surface area contributed by atoms with Gasteiger partial charge in [0, 0.05) is 0 Å². The zero-order valence-corrected chi connectivity index (χ0v) is 7.52. The van der Waals surface area contributed by atoms with Gasteiger partial charge in [0.15, 0.2) is 0 Å². The van der Waals surface area contributed by atoms with E-state index in [2.05, 4.69) is 16.2 Å². The molecule has 12 heavy (non-hydrogen) atoms. The number of halogens is 1. The van der Waals surface area contributed by atoms with Crippen molar-refractivity contribution in [1.29, 1.82) is 0 Å². The highest BCUT2D eigenvalue weighted by Gasteiger charge is 1.97. The maximum atomic E-state index is 5.67. The lowest BCUT2D eigenvalue weighted by Gasteiger charge is -2.05. The van der Waals surface area contributed by atoms with Crippen LogP contribution in [0.25, 0.3) is 0 Å². The van der Waals surface area contributed by atoms with Crippen LogP contribution in [0.2, 0.25) is 5.15 Å². The van der Waals surface area contributed by atoms with E-state index in [0.29, 0.717) is 11.7 Å². The molecule has 62 valence electrons. The minimum atomic E-state index is 0.499. The predicted octanol–water partition coefficient (Wildman–Crippen LogP) is 2.09. The molecule has 3 heteroatoms. The lowest BCUT2D eigenvalue weighted by atomic mass is 10.2. The maximum Gasteiger partial charge on any atom is 0.129 e. The zero-order valence-electron chi connectivity index (χ0n) is 6.76. The molecule has 0 bridgehead atoms. The van der Waals surface area contributed by atoms with Crippen LogP contribution < -0.4 is 5.32 Å². The van der Waals surface area contributed by atoms with E-state index in [4.69, 9.17) is 18.0 Å². The fraction of sp³-hybridized carbons (Fsp3) is 0.222. The molecule has 0 amide bonds. The number of rotatable bonds is 2. The van der Waals surface area contributed by atoms with Crippen LogP contribution in [-0.2, 0) is 0 Å². The third-order valence-corrected chi connectivity index (χ3v) is 1.67. The number of nitrogens with zero attached hydrogens (tertiary/aromatic N) is 1. The van der Waals surface area contributed by atoms with Gasteiger partial charge in [0.25, 0.3) is 0 Å². The van der Waals surface area contributed by atoms with Gasteiger partial charge in [-0.1, -0.05) is 17.5 Å². The second-order valence-corrected chi connectivity index (χ2v) is 2.77. The smallest absolute Gasteiger partial charge is 0.129 e. The Morgan fingerprint density at radius 2 is 2.50 bits per heavy atom. The van der Waals surface area contributed by atoms with Crippen molar-refractivity contribution in [1.82, 2.24) is 4.98 Å². The third kappa shape index (κ3) is 2.14. The van der Waals surface area contributed by atoms with E-state index in [-0.39, 0.29) is 0 Å². The van der Waals surface area contributed by atoms with E-state index in [1.807, 2.05) is 6.92 Å². The topological polar surface area (TPSA) is 24.9 Å². The normalized spacial score (nSPS) is 9.08. The van der Waals surface area contributed by atoms with Crippen LogP contribution in [0.15, 0.2) is 12.3 Å². The van der Waals surface area contributed by atoms with Gasteiger partial charge in [0.05, 0.1) is 18.4 Å². The van der Waals surface area contributed by atoms with Gasteiger partial charge in [-0.15, -0.1) is 6.42 Å². The number of pyridine rings is 1. The summed E-state index contributed by atoms with van der Waals surface area (Å²) in [5, 5.41) is 3.53. The summed E-state index contributed by atoms with van der Waals surface area (Å²) >= 11 is 5.67. The van der Waals surface area contributed by atoms with E-state index in [9.17, 15) is 0 Å². The van der Waals surface area contributed by atoms with Gasteiger partial charge in [-0.2, -0.15) is 0 Å². The van der Waals surface area contributed by atoms with Gasteiger partial charge < -0.3 is 5.32 Å². The SMILES string of the molecule is C#CCNc1cnc(Cl)cc1C. The Morgan fingerprint density at radius 1 is 1.75 bits per heavy atom. The standard InChI is InChI=1S/C9H9ClN2/c1-3-4-11-8-6-12-9(10)5-7(8)2/h1,5-6,11H,4H2,2H3. The van der Waals surface area contributed by atoms with Crippen LogP contribution >= 0.6 is 11.6 Å². The molecule has 0 radical (unpaired) electrons. The Bertz CT molecular complexity index is 315. The number of nitrogens with one attached hydrogen (secondary N) is 1. The van der Waals surface area contributed by atoms with Crippen LogP contribution in [-0.4, -0.2) is 11.5 Å². The number of hydrogen-bond donors (Lipinski definition) is 1. The van der Waals surface area contributed by atoms with Gasteiger partial charge in [-0.3, -0.25) is 0 Å². The summed E-state index contributed by atoms with van der Waals surface area (Å²) in [6.45, 7) is 2.45. The Kier molecular flexibility index (Phi) is 2.95. The number of terminal acetylenes is 1. The molecule has 1 aromatic heterocycles. The van der Waals surface area contributed by atoms with Gasteiger partial charge >= 0.3 is 0 Å². The molecule has 0 aliphatic carbocycles. The minimum Gasteiger partial charge on any atom is -0.373 e. The third-order valence-electron chi connectivity index (χ3n) is 1.46. The lowest BCUT2D eigenvalue weighted by molar-refractivity contribution is 1.24. The maximum absolute atomic E-state index is 5.67. The monoisotopic (exact) mass is 180 g/mol. The van der Waals surface area contributed by atoms with Crippen molar-refractivity contribution in [3.8, 4) is 12.3 Å². The van der Waals surface area contributed by atoms with E-state index < -0.39 is 0 Å². The van der Waals surface area contributed by atoms with Crippen molar-refractivity contribution >= 4 is 17.3 Å². The predicted molar refractivity (Wildman–Crippen MR) is 51.3 cm³/mol. The van der Waals surface area contributed by atoms with Gasteiger partial charge in [-0.25, -0.2) is 4.98 Å². The van der Waals surface area contributed by atoms with Crippen LogP contribution in [0, 0.1) is 19.3 Å². The zero-order chi connectivity index (χ0) is 8.97. The summed E-state index contributed by atoms with van der Waals surface area (Å²) in [5.41, 5.74) is 1.97. The van der Waals surface area contributed by atoms with Crippen LogP contribution in [0.1, 0.15) is 5.56 Å². The molecule has 0 spiro atoms. The molecule has 0 fully saturated rings. The Balaban J connectivity index is 2.81. The van der Waals surface area contributed by atoms with Crippen molar-refractivity contribution in [3.63, 3.8) is 0 Å². The molecule has 1 rings (SSSR count). The molecule has 1 aromatic rings. The van der Waals surface area contributed by atoms with Gasteiger partial charge in [0.1, 0.15) is 5.15 Å². The first-order chi connectivity index (χ1) is 5.74. The van der Waals surface area contributed by atoms with Crippen LogP contribution in [0.3, 0.4) is 0 Å². The molecule has 2 nitrogen and oxygen atoms in total. The number of aromatic nitrogens is 1. The van der Waals surface area contributed by atoms with Crippen molar-refractivity contribution in [2.75, 3.05) is 11.9 Å². The number of anilines is 1. The molecular weight excluding hydrogens is 172 g/mol. The number of hydrogen-bond acceptors (Lipinski definition) is 2. The van der Waals surface area contributed by atoms with Crippen molar-refractivity contribution in [3.05, 3.63) is 23.0 Å². The highest BCUT2D eigenvalue weighted by atomic mass is 35.5. The Hall–Kier alpha value is -1.20. The Labute approximate surface area is 77.0 Å². The largest absolute Gasteiger partial charge is 0.373 e. The molecule has 0 aliphatic heterocycles.